The van der Waals surface area contributed by atoms with E-state index in [-0.39, 0.29) is 18.4 Å². The normalized spacial score (nSPS) is 31.5. The van der Waals surface area contributed by atoms with Gasteiger partial charge in [0.15, 0.2) is 0 Å². The summed E-state index contributed by atoms with van der Waals surface area (Å²) >= 11 is 0. The predicted molar refractivity (Wildman–Crippen MR) is 66.6 cm³/mol. The SMILES string of the molecule is CC(C)N1CCCC(N2CC(CO)CC2=O)C1. The Morgan fingerprint density at radius 2 is 2.18 bits per heavy atom. The largest absolute Gasteiger partial charge is 0.396 e. The van der Waals surface area contributed by atoms with Crippen molar-refractivity contribution in [1.29, 1.82) is 0 Å². The smallest absolute Gasteiger partial charge is 0.223 e. The fraction of sp³-hybridized carbons (Fsp3) is 0.923. The maximum Gasteiger partial charge on any atom is 0.223 e. The zero-order chi connectivity index (χ0) is 12.4. The van der Waals surface area contributed by atoms with Crippen molar-refractivity contribution in [3.63, 3.8) is 0 Å². The Bertz CT molecular complexity index is 281. The van der Waals surface area contributed by atoms with Gasteiger partial charge in [-0.05, 0) is 33.2 Å². The van der Waals surface area contributed by atoms with Crippen molar-refractivity contribution >= 4 is 5.91 Å². The van der Waals surface area contributed by atoms with Crippen LogP contribution in [0.5, 0.6) is 0 Å². The molecule has 2 unspecified atom stereocenters. The van der Waals surface area contributed by atoms with E-state index < -0.39 is 0 Å². The minimum absolute atomic E-state index is 0.142. The minimum Gasteiger partial charge on any atom is -0.396 e. The Morgan fingerprint density at radius 1 is 1.41 bits per heavy atom. The molecule has 0 spiro atoms. The minimum atomic E-state index is 0.142. The number of rotatable bonds is 3. The van der Waals surface area contributed by atoms with E-state index in [9.17, 15) is 4.79 Å². The van der Waals surface area contributed by atoms with Gasteiger partial charge in [-0.2, -0.15) is 0 Å². The average molecular weight is 240 g/mol. The molecule has 4 nitrogen and oxygen atoms in total. The van der Waals surface area contributed by atoms with Crippen LogP contribution in [0.2, 0.25) is 0 Å². The lowest BCUT2D eigenvalue weighted by molar-refractivity contribution is -0.130. The molecular formula is C13H24N2O2. The number of nitrogens with zero attached hydrogens (tertiary/aromatic N) is 2. The Balaban J connectivity index is 1.95. The summed E-state index contributed by atoms with van der Waals surface area (Å²) in [6.07, 6.45) is 2.83. The van der Waals surface area contributed by atoms with E-state index in [2.05, 4.69) is 18.7 Å². The number of piperidine rings is 1. The maximum atomic E-state index is 11.9. The molecule has 2 rings (SSSR count). The second-order valence-electron chi connectivity index (χ2n) is 5.68. The third-order valence-electron chi connectivity index (χ3n) is 4.10. The molecule has 0 aromatic rings. The Hall–Kier alpha value is -0.610. The first kappa shape index (κ1) is 12.8. The zero-order valence-corrected chi connectivity index (χ0v) is 10.9. The van der Waals surface area contributed by atoms with Crippen molar-refractivity contribution in [3.8, 4) is 0 Å². The van der Waals surface area contributed by atoms with Crippen LogP contribution in [-0.4, -0.2) is 59.1 Å². The van der Waals surface area contributed by atoms with Gasteiger partial charge in [0, 0.05) is 44.1 Å². The highest BCUT2D eigenvalue weighted by Gasteiger charge is 2.36. The summed E-state index contributed by atoms with van der Waals surface area (Å²) in [4.78, 5) is 16.4. The maximum absolute atomic E-state index is 11.9. The van der Waals surface area contributed by atoms with Gasteiger partial charge in [0.05, 0.1) is 0 Å². The van der Waals surface area contributed by atoms with E-state index in [1.165, 1.54) is 6.42 Å². The van der Waals surface area contributed by atoms with Crippen molar-refractivity contribution in [2.24, 2.45) is 5.92 Å². The molecule has 2 fully saturated rings. The predicted octanol–water partition coefficient (Wildman–Crippen LogP) is 0.700. The summed E-state index contributed by atoms with van der Waals surface area (Å²) in [5, 5.41) is 9.15. The lowest BCUT2D eigenvalue weighted by Gasteiger charge is -2.39. The van der Waals surface area contributed by atoms with Gasteiger partial charge in [0.25, 0.3) is 0 Å². The topological polar surface area (TPSA) is 43.8 Å². The van der Waals surface area contributed by atoms with E-state index in [4.69, 9.17) is 5.11 Å². The molecule has 0 aromatic heterocycles. The molecule has 17 heavy (non-hydrogen) atoms. The summed E-state index contributed by atoms with van der Waals surface area (Å²) in [6, 6.07) is 0.930. The van der Waals surface area contributed by atoms with E-state index in [0.29, 0.717) is 18.5 Å². The van der Waals surface area contributed by atoms with Gasteiger partial charge >= 0.3 is 0 Å². The summed E-state index contributed by atoms with van der Waals surface area (Å²) in [7, 11) is 0. The van der Waals surface area contributed by atoms with Crippen LogP contribution in [0.15, 0.2) is 0 Å². The molecule has 2 aliphatic rings. The van der Waals surface area contributed by atoms with Crippen LogP contribution in [0.1, 0.15) is 33.1 Å². The molecule has 2 atom stereocenters. The molecule has 1 amide bonds. The quantitative estimate of drug-likeness (QED) is 0.790. The molecule has 0 aromatic carbocycles. The van der Waals surface area contributed by atoms with Gasteiger partial charge in [-0.1, -0.05) is 0 Å². The molecular weight excluding hydrogens is 216 g/mol. The standard InChI is InChI=1S/C13H24N2O2/c1-10(2)14-5-3-4-12(8-14)15-7-11(9-16)6-13(15)17/h10-12,16H,3-9H2,1-2H3. The number of likely N-dealkylation sites (tertiary alicyclic amines) is 2. The molecule has 2 aliphatic heterocycles. The summed E-state index contributed by atoms with van der Waals surface area (Å²) in [5.41, 5.74) is 0. The number of hydrogen-bond donors (Lipinski definition) is 1. The van der Waals surface area contributed by atoms with Crippen LogP contribution in [0.3, 0.4) is 0 Å². The number of carbonyl (C=O) groups excluding carboxylic acids is 1. The molecule has 1 N–H and O–H groups in total. The van der Waals surface area contributed by atoms with Gasteiger partial charge in [0.2, 0.25) is 5.91 Å². The highest BCUT2D eigenvalue weighted by molar-refractivity contribution is 5.79. The number of aliphatic hydroxyl groups is 1. The van der Waals surface area contributed by atoms with Crippen LogP contribution in [0, 0.1) is 5.92 Å². The molecule has 2 heterocycles. The van der Waals surface area contributed by atoms with Crippen molar-refractivity contribution in [1.82, 2.24) is 9.80 Å². The molecule has 2 saturated heterocycles. The third-order valence-corrected chi connectivity index (χ3v) is 4.10. The van der Waals surface area contributed by atoms with E-state index >= 15 is 0 Å². The number of hydrogen-bond acceptors (Lipinski definition) is 3. The van der Waals surface area contributed by atoms with E-state index in [0.717, 1.165) is 26.1 Å². The van der Waals surface area contributed by atoms with Crippen LogP contribution in [0.4, 0.5) is 0 Å². The third kappa shape index (κ3) is 2.80. The molecule has 0 bridgehead atoms. The van der Waals surface area contributed by atoms with Crippen molar-refractivity contribution in [2.75, 3.05) is 26.2 Å². The molecule has 0 radical (unpaired) electrons. The number of amides is 1. The second kappa shape index (κ2) is 5.36. The van der Waals surface area contributed by atoms with Crippen LogP contribution < -0.4 is 0 Å². The van der Waals surface area contributed by atoms with Crippen LogP contribution >= 0.6 is 0 Å². The van der Waals surface area contributed by atoms with Gasteiger partial charge < -0.3 is 10.0 Å². The van der Waals surface area contributed by atoms with Crippen LogP contribution in [-0.2, 0) is 4.79 Å². The van der Waals surface area contributed by atoms with E-state index in [1.54, 1.807) is 0 Å². The molecule has 98 valence electrons. The van der Waals surface area contributed by atoms with Gasteiger partial charge in [-0.3, -0.25) is 9.69 Å². The van der Waals surface area contributed by atoms with Crippen molar-refractivity contribution in [3.05, 3.63) is 0 Å². The summed E-state index contributed by atoms with van der Waals surface area (Å²) in [6.45, 7) is 7.48. The average Bonchev–Trinajstić information content (AvgIpc) is 2.71. The van der Waals surface area contributed by atoms with Crippen LogP contribution in [0.25, 0.3) is 0 Å². The monoisotopic (exact) mass is 240 g/mol. The lowest BCUT2D eigenvalue weighted by Crippen LogP contribution is -2.50. The van der Waals surface area contributed by atoms with E-state index in [1.807, 2.05) is 4.90 Å². The number of carbonyl (C=O) groups is 1. The summed E-state index contributed by atoms with van der Waals surface area (Å²) in [5.74, 6) is 0.400. The van der Waals surface area contributed by atoms with Gasteiger partial charge in [-0.15, -0.1) is 0 Å². The second-order valence-corrected chi connectivity index (χ2v) is 5.68. The summed E-state index contributed by atoms with van der Waals surface area (Å²) < 4.78 is 0. The first-order chi connectivity index (χ1) is 8.11. The highest BCUT2D eigenvalue weighted by Crippen LogP contribution is 2.25. The molecule has 4 heteroatoms. The first-order valence-electron chi connectivity index (χ1n) is 6.76. The highest BCUT2D eigenvalue weighted by atomic mass is 16.3. The zero-order valence-electron chi connectivity index (χ0n) is 10.9. The Morgan fingerprint density at radius 3 is 2.76 bits per heavy atom. The Labute approximate surface area is 104 Å². The van der Waals surface area contributed by atoms with Crippen molar-refractivity contribution < 1.29 is 9.90 Å². The van der Waals surface area contributed by atoms with Crippen molar-refractivity contribution in [2.45, 2.75) is 45.2 Å². The van der Waals surface area contributed by atoms with Gasteiger partial charge in [-0.25, -0.2) is 0 Å². The molecule has 0 aliphatic carbocycles. The number of aliphatic hydroxyl groups excluding tert-OH is 1. The fourth-order valence-electron chi connectivity index (χ4n) is 2.99. The lowest BCUT2D eigenvalue weighted by atomic mass is 10.0. The first-order valence-corrected chi connectivity index (χ1v) is 6.76. The van der Waals surface area contributed by atoms with Gasteiger partial charge in [0.1, 0.15) is 0 Å². The Kier molecular flexibility index (Phi) is 4.05. The fourth-order valence-corrected chi connectivity index (χ4v) is 2.99. The molecule has 0 saturated carbocycles.